The van der Waals surface area contributed by atoms with Gasteiger partial charge in [-0.15, -0.1) is 0 Å². The lowest BCUT2D eigenvalue weighted by Crippen LogP contribution is -2.29. The predicted octanol–water partition coefficient (Wildman–Crippen LogP) is 5.44. The zero-order chi connectivity index (χ0) is 23.0. The molecule has 2 heterocycles. The van der Waals surface area contributed by atoms with Crippen molar-refractivity contribution < 1.29 is 8.42 Å². The van der Waals surface area contributed by atoms with Crippen LogP contribution in [-0.4, -0.2) is 31.8 Å². The number of sulfonamides is 1. The maximum atomic E-state index is 12.1. The molecule has 6 nitrogen and oxygen atoms in total. The van der Waals surface area contributed by atoms with Crippen molar-refractivity contribution in [2.75, 3.05) is 34.2 Å². The molecule has 2 aliphatic rings. The van der Waals surface area contributed by atoms with E-state index in [4.69, 9.17) is 5.73 Å². The zero-order valence-corrected chi connectivity index (χ0v) is 20.2. The van der Waals surface area contributed by atoms with Crippen molar-refractivity contribution in [3.05, 3.63) is 42.5 Å². The van der Waals surface area contributed by atoms with Crippen LogP contribution in [0.25, 0.3) is 22.2 Å². The molecule has 0 unspecified atom stereocenters. The molecule has 1 aromatic heterocycles. The second kappa shape index (κ2) is 8.93. The van der Waals surface area contributed by atoms with Crippen LogP contribution in [0, 0.1) is 5.92 Å². The molecule has 1 saturated carbocycles. The van der Waals surface area contributed by atoms with Crippen LogP contribution in [0.4, 0.5) is 17.1 Å². The summed E-state index contributed by atoms with van der Waals surface area (Å²) < 4.78 is 29.3. The van der Waals surface area contributed by atoms with Crippen LogP contribution >= 0.6 is 0 Å². The lowest BCUT2D eigenvalue weighted by atomic mass is 10.1. The third-order valence-electron chi connectivity index (χ3n) is 6.85. The van der Waals surface area contributed by atoms with Gasteiger partial charge in [-0.25, -0.2) is 8.42 Å². The maximum absolute atomic E-state index is 12.1. The highest BCUT2D eigenvalue weighted by molar-refractivity contribution is 7.92. The third-order valence-corrected chi connectivity index (χ3v) is 8.34. The van der Waals surface area contributed by atoms with Gasteiger partial charge >= 0.3 is 0 Å². The number of aromatic nitrogens is 1. The molecule has 2 aromatic carbocycles. The van der Waals surface area contributed by atoms with E-state index in [2.05, 4.69) is 32.4 Å². The zero-order valence-electron chi connectivity index (χ0n) is 19.4. The molecule has 1 aliphatic carbocycles. The number of rotatable bonds is 8. The van der Waals surface area contributed by atoms with Crippen molar-refractivity contribution in [2.24, 2.45) is 5.92 Å². The fourth-order valence-corrected chi connectivity index (χ4v) is 6.10. The minimum atomic E-state index is -3.31. The second-order valence-electron chi connectivity index (χ2n) is 9.56. The highest BCUT2D eigenvalue weighted by Crippen LogP contribution is 2.41. The van der Waals surface area contributed by atoms with Crippen LogP contribution in [0.2, 0.25) is 0 Å². The monoisotopic (exact) mass is 466 g/mol. The van der Waals surface area contributed by atoms with Crippen molar-refractivity contribution in [2.45, 2.75) is 52.0 Å². The summed E-state index contributed by atoms with van der Waals surface area (Å²) in [6, 6.07) is 14.3. The Morgan fingerprint density at radius 2 is 1.76 bits per heavy atom. The molecule has 7 heteroatoms. The van der Waals surface area contributed by atoms with Gasteiger partial charge < -0.3 is 15.2 Å². The largest absolute Gasteiger partial charge is 0.396 e. The van der Waals surface area contributed by atoms with E-state index in [1.165, 1.54) is 43.3 Å². The predicted molar refractivity (Wildman–Crippen MR) is 138 cm³/mol. The first-order valence-electron chi connectivity index (χ1n) is 12.2. The van der Waals surface area contributed by atoms with Gasteiger partial charge in [0, 0.05) is 42.0 Å². The van der Waals surface area contributed by atoms with E-state index >= 15 is 0 Å². The van der Waals surface area contributed by atoms with Crippen molar-refractivity contribution in [1.82, 2.24) is 4.57 Å². The van der Waals surface area contributed by atoms with E-state index in [-0.39, 0.29) is 5.75 Å². The molecule has 176 valence electrons. The molecule has 3 aromatic rings. The quantitative estimate of drug-likeness (QED) is 0.463. The Balaban J connectivity index is 1.53. The van der Waals surface area contributed by atoms with Crippen LogP contribution in [0.15, 0.2) is 42.5 Å². The fourth-order valence-electron chi connectivity index (χ4n) is 4.97. The summed E-state index contributed by atoms with van der Waals surface area (Å²) in [5.41, 5.74) is 12.7. The van der Waals surface area contributed by atoms with Gasteiger partial charge in [-0.1, -0.05) is 19.1 Å². The van der Waals surface area contributed by atoms with Crippen LogP contribution in [-0.2, 0) is 16.6 Å². The lowest BCUT2D eigenvalue weighted by molar-refractivity contribution is 0.578. The summed E-state index contributed by atoms with van der Waals surface area (Å²) in [6.07, 6.45) is 6.95. The number of nitrogens with zero attached hydrogens (tertiary/aromatic N) is 2. The third kappa shape index (κ3) is 4.69. The second-order valence-corrected chi connectivity index (χ2v) is 11.4. The summed E-state index contributed by atoms with van der Waals surface area (Å²) in [6.45, 7) is 5.07. The Hall–Kier alpha value is -2.67. The first-order chi connectivity index (χ1) is 15.9. The average Bonchev–Trinajstić information content (AvgIpc) is 3.59. The molecule has 0 amide bonds. The van der Waals surface area contributed by atoms with Crippen molar-refractivity contribution in [1.29, 1.82) is 0 Å². The molecular weight excluding hydrogens is 432 g/mol. The van der Waals surface area contributed by atoms with Crippen LogP contribution in [0.1, 0.15) is 45.4 Å². The number of nitrogen functional groups attached to an aromatic ring is 1. The van der Waals surface area contributed by atoms with E-state index in [1.54, 1.807) is 0 Å². The topological polar surface area (TPSA) is 80.4 Å². The van der Waals surface area contributed by atoms with Crippen molar-refractivity contribution in [3.8, 4) is 11.3 Å². The van der Waals surface area contributed by atoms with Gasteiger partial charge in [-0.3, -0.25) is 4.72 Å². The molecule has 0 bridgehead atoms. The van der Waals surface area contributed by atoms with Gasteiger partial charge in [-0.2, -0.15) is 0 Å². The van der Waals surface area contributed by atoms with E-state index in [0.29, 0.717) is 18.0 Å². The van der Waals surface area contributed by atoms with Crippen LogP contribution in [0.3, 0.4) is 0 Å². The summed E-state index contributed by atoms with van der Waals surface area (Å²) in [7, 11) is -3.31. The molecule has 0 spiro atoms. The number of piperidine rings is 1. The number of hydrogen-bond acceptors (Lipinski definition) is 4. The van der Waals surface area contributed by atoms with Gasteiger partial charge in [0.1, 0.15) is 0 Å². The summed E-state index contributed by atoms with van der Waals surface area (Å²) in [5.74, 6) is 0.828. The van der Waals surface area contributed by atoms with Gasteiger partial charge in [-0.05, 0) is 74.8 Å². The molecule has 1 saturated heterocycles. The van der Waals surface area contributed by atoms with Crippen LogP contribution in [0.5, 0.6) is 0 Å². The Morgan fingerprint density at radius 3 is 2.42 bits per heavy atom. The molecular formula is C26H34N4O2S. The van der Waals surface area contributed by atoms with Gasteiger partial charge in [0.05, 0.1) is 22.7 Å². The number of nitrogens with one attached hydrogen (secondary N) is 1. The lowest BCUT2D eigenvalue weighted by Gasteiger charge is -2.29. The number of fused-ring (bicyclic) bond motifs is 1. The Kier molecular flexibility index (Phi) is 5.99. The van der Waals surface area contributed by atoms with E-state index < -0.39 is 10.0 Å². The normalized spacial score (nSPS) is 16.9. The first-order valence-corrected chi connectivity index (χ1v) is 13.9. The maximum Gasteiger partial charge on any atom is 0.232 e. The van der Waals surface area contributed by atoms with Gasteiger partial charge in [0.2, 0.25) is 10.0 Å². The summed E-state index contributed by atoms with van der Waals surface area (Å²) in [5, 5.41) is 1.10. The van der Waals surface area contributed by atoms with Gasteiger partial charge in [0.25, 0.3) is 0 Å². The number of nitrogens with two attached hydrogens (primary N) is 1. The first kappa shape index (κ1) is 22.1. The molecule has 0 atom stereocenters. The minimum absolute atomic E-state index is 0.122. The molecule has 3 N–H and O–H groups in total. The van der Waals surface area contributed by atoms with Crippen molar-refractivity contribution in [3.63, 3.8) is 0 Å². The SMILES string of the molecule is CCCS(=O)(=O)Nc1ccc(-c2c(N)c3ccc(N4CCCCC4)cc3n2CC2CC2)cc1. The minimum Gasteiger partial charge on any atom is -0.396 e. The Morgan fingerprint density at radius 1 is 1.03 bits per heavy atom. The smallest absolute Gasteiger partial charge is 0.232 e. The molecule has 33 heavy (non-hydrogen) atoms. The summed E-state index contributed by atoms with van der Waals surface area (Å²) >= 11 is 0. The number of benzene rings is 2. The average molecular weight is 467 g/mol. The van der Waals surface area contributed by atoms with Crippen molar-refractivity contribution >= 4 is 38.0 Å². The highest BCUT2D eigenvalue weighted by Gasteiger charge is 2.26. The highest BCUT2D eigenvalue weighted by atomic mass is 32.2. The molecule has 0 radical (unpaired) electrons. The molecule has 1 aliphatic heterocycles. The number of anilines is 3. The van der Waals surface area contributed by atoms with E-state index in [0.717, 1.165) is 42.0 Å². The molecule has 2 fully saturated rings. The Bertz CT molecular complexity index is 1240. The van der Waals surface area contributed by atoms with Crippen LogP contribution < -0.4 is 15.4 Å². The summed E-state index contributed by atoms with van der Waals surface area (Å²) in [4.78, 5) is 2.49. The van der Waals surface area contributed by atoms with E-state index in [9.17, 15) is 8.42 Å². The number of hydrogen-bond donors (Lipinski definition) is 2. The van der Waals surface area contributed by atoms with Gasteiger partial charge in [0.15, 0.2) is 0 Å². The van der Waals surface area contributed by atoms with E-state index in [1.807, 2.05) is 31.2 Å². The Labute approximate surface area is 196 Å². The fraction of sp³-hybridized carbons (Fsp3) is 0.462. The standard InChI is InChI=1S/C26H34N4O2S/c1-2-16-33(31,32)28-21-10-8-20(9-11-21)26-25(27)23-13-12-22(29-14-4-3-5-15-29)17-24(23)30(26)18-19-6-7-19/h8-13,17,19,28H,2-7,14-16,18,27H2,1H3. The molecule has 5 rings (SSSR count).